The molecular weight excluding hydrogens is 380 g/mol. The summed E-state index contributed by atoms with van der Waals surface area (Å²) in [6.07, 6.45) is 4.66. The SMILES string of the molecule is Cc1cccc(C(=O)NCCC(=O)N(Cc2ccc3c(c2)OCO3)C2CCCC2)c1. The second kappa shape index (κ2) is 9.20. The second-order valence-corrected chi connectivity index (χ2v) is 8.02. The van der Waals surface area contributed by atoms with E-state index < -0.39 is 0 Å². The van der Waals surface area contributed by atoms with E-state index in [0.29, 0.717) is 25.1 Å². The zero-order valence-corrected chi connectivity index (χ0v) is 17.4. The molecule has 158 valence electrons. The van der Waals surface area contributed by atoms with Gasteiger partial charge in [-0.25, -0.2) is 0 Å². The Bertz CT molecular complexity index is 921. The van der Waals surface area contributed by atoms with Crippen LogP contribution in [0, 0.1) is 6.92 Å². The lowest BCUT2D eigenvalue weighted by molar-refractivity contribution is -0.134. The predicted octanol–water partition coefficient (Wildman–Crippen LogP) is 3.82. The van der Waals surface area contributed by atoms with Crippen molar-refractivity contribution in [1.29, 1.82) is 0 Å². The van der Waals surface area contributed by atoms with E-state index in [1.165, 1.54) is 0 Å². The van der Waals surface area contributed by atoms with Gasteiger partial charge >= 0.3 is 0 Å². The molecule has 0 aromatic heterocycles. The number of hydrogen-bond acceptors (Lipinski definition) is 4. The summed E-state index contributed by atoms with van der Waals surface area (Å²) in [6, 6.07) is 13.6. The fourth-order valence-corrected chi connectivity index (χ4v) is 4.19. The van der Waals surface area contributed by atoms with Crippen molar-refractivity contribution >= 4 is 11.8 Å². The Morgan fingerprint density at radius 2 is 1.87 bits per heavy atom. The fourth-order valence-electron chi connectivity index (χ4n) is 4.19. The average molecular weight is 408 g/mol. The van der Waals surface area contributed by atoms with Crippen LogP contribution in [0.4, 0.5) is 0 Å². The van der Waals surface area contributed by atoms with Crippen LogP contribution in [0.5, 0.6) is 11.5 Å². The van der Waals surface area contributed by atoms with Gasteiger partial charge in [-0.2, -0.15) is 0 Å². The molecule has 1 N–H and O–H groups in total. The molecule has 1 aliphatic carbocycles. The molecule has 0 radical (unpaired) electrons. The van der Waals surface area contributed by atoms with Crippen molar-refractivity contribution in [3.63, 3.8) is 0 Å². The first kappa shape index (κ1) is 20.3. The molecule has 6 nitrogen and oxygen atoms in total. The molecule has 2 aromatic carbocycles. The van der Waals surface area contributed by atoms with Crippen molar-refractivity contribution in [2.45, 2.75) is 51.6 Å². The fraction of sp³-hybridized carbons (Fsp3) is 0.417. The molecule has 2 aliphatic rings. The predicted molar refractivity (Wildman–Crippen MR) is 114 cm³/mol. The minimum absolute atomic E-state index is 0.0732. The number of benzene rings is 2. The standard InChI is InChI=1S/C24H28N2O4/c1-17-5-4-6-19(13-17)24(28)25-12-11-23(27)26(20-7-2-3-8-20)15-18-9-10-21-22(14-18)30-16-29-21/h4-6,9-10,13-14,20H,2-3,7-8,11-12,15-16H2,1H3,(H,25,28). The van der Waals surface area contributed by atoms with Gasteiger partial charge in [-0.3, -0.25) is 9.59 Å². The van der Waals surface area contributed by atoms with E-state index in [2.05, 4.69) is 5.32 Å². The molecule has 6 heteroatoms. The summed E-state index contributed by atoms with van der Waals surface area (Å²) in [5, 5.41) is 2.88. The zero-order chi connectivity index (χ0) is 20.9. The molecule has 1 aliphatic heterocycles. The number of ether oxygens (including phenoxy) is 2. The van der Waals surface area contributed by atoms with Crippen LogP contribution in [-0.2, 0) is 11.3 Å². The molecule has 30 heavy (non-hydrogen) atoms. The van der Waals surface area contributed by atoms with E-state index in [4.69, 9.17) is 9.47 Å². The summed E-state index contributed by atoms with van der Waals surface area (Å²) in [5.41, 5.74) is 2.69. The number of carbonyl (C=O) groups excluding carboxylic acids is 2. The van der Waals surface area contributed by atoms with Crippen molar-refractivity contribution in [3.05, 3.63) is 59.2 Å². The van der Waals surface area contributed by atoms with Crippen LogP contribution >= 0.6 is 0 Å². The number of rotatable bonds is 7. The number of fused-ring (bicyclic) bond motifs is 1. The topological polar surface area (TPSA) is 67.9 Å². The van der Waals surface area contributed by atoms with Gasteiger partial charge in [0.25, 0.3) is 5.91 Å². The summed E-state index contributed by atoms with van der Waals surface area (Å²) in [5.74, 6) is 1.41. The first-order valence-electron chi connectivity index (χ1n) is 10.6. The smallest absolute Gasteiger partial charge is 0.251 e. The number of carbonyl (C=O) groups is 2. The molecule has 2 aromatic rings. The highest BCUT2D eigenvalue weighted by Crippen LogP contribution is 2.33. The van der Waals surface area contributed by atoms with Crippen molar-refractivity contribution < 1.29 is 19.1 Å². The number of hydrogen-bond donors (Lipinski definition) is 1. The van der Waals surface area contributed by atoms with Crippen LogP contribution in [0.3, 0.4) is 0 Å². The van der Waals surface area contributed by atoms with Crippen LogP contribution in [0.25, 0.3) is 0 Å². The van der Waals surface area contributed by atoms with E-state index in [-0.39, 0.29) is 24.6 Å². The number of nitrogens with one attached hydrogen (secondary N) is 1. The van der Waals surface area contributed by atoms with Gasteiger partial charge in [-0.05, 0) is 49.6 Å². The zero-order valence-electron chi connectivity index (χ0n) is 17.4. The Morgan fingerprint density at radius 3 is 2.67 bits per heavy atom. The van der Waals surface area contributed by atoms with Gasteiger partial charge in [0.15, 0.2) is 11.5 Å². The van der Waals surface area contributed by atoms with E-state index in [9.17, 15) is 9.59 Å². The molecule has 1 saturated carbocycles. The summed E-state index contributed by atoms with van der Waals surface area (Å²) >= 11 is 0. The van der Waals surface area contributed by atoms with E-state index in [1.807, 2.05) is 48.2 Å². The lowest BCUT2D eigenvalue weighted by atomic mass is 10.1. The third-order valence-electron chi connectivity index (χ3n) is 5.78. The minimum Gasteiger partial charge on any atom is -0.454 e. The van der Waals surface area contributed by atoms with Crippen LogP contribution in [-0.4, -0.2) is 36.1 Å². The molecular formula is C24H28N2O4. The molecule has 0 spiro atoms. The van der Waals surface area contributed by atoms with Crippen LogP contribution in [0.15, 0.2) is 42.5 Å². The summed E-state index contributed by atoms with van der Waals surface area (Å²) in [6.45, 7) is 3.07. The number of aryl methyl sites for hydroxylation is 1. The van der Waals surface area contributed by atoms with Crippen molar-refractivity contribution in [2.24, 2.45) is 0 Å². The van der Waals surface area contributed by atoms with Gasteiger partial charge in [0, 0.05) is 31.1 Å². The Morgan fingerprint density at radius 1 is 1.07 bits per heavy atom. The highest BCUT2D eigenvalue weighted by molar-refractivity contribution is 5.94. The largest absolute Gasteiger partial charge is 0.454 e. The summed E-state index contributed by atoms with van der Waals surface area (Å²) < 4.78 is 10.9. The summed E-state index contributed by atoms with van der Waals surface area (Å²) in [7, 11) is 0. The Balaban J connectivity index is 1.37. The first-order chi connectivity index (χ1) is 14.6. The third kappa shape index (κ3) is 4.75. The van der Waals surface area contributed by atoms with Crippen molar-refractivity contribution in [3.8, 4) is 11.5 Å². The van der Waals surface area contributed by atoms with E-state index in [0.717, 1.165) is 48.3 Å². The molecule has 4 rings (SSSR count). The minimum atomic E-state index is -0.144. The maximum atomic E-state index is 13.1. The van der Waals surface area contributed by atoms with Crippen molar-refractivity contribution in [2.75, 3.05) is 13.3 Å². The maximum absolute atomic E-state index is 13.1. The Hall–Kier alpha value is -3.02. The molecule has 1 fully saturated rings. The molecule has 0 unspecified atom stereocenters. The van der Waals surface area contributed by atoms with E-state index in [1.54, 1.807) is 6.07 Å². The quantitative estimate of drug-likeness (QED) is 0.756. The molecule has 1 heterocycles. The van der Waals surface area contributed by atoms with Gasteiger partial charge in [-0.15, -0.1) is 0 Å². The maximum Gasteiger partial charge on any atom is 0.251 e. The monoisotopic (exact) mass is 408 g/mol. The van der Waals surface area contributed by atoms with Crippen molar-refractivity contribution in [1.82, 2.24) is 10.2 Å². The van der Waals surface area contributed by atoms with Gasteiger partial charge in [-0.1, -0.05) is 36.6 Å². The highest BCUT2D eigenvalue weighted by atomic mass is 16.7. The average Bonchev–Trinajstić information content (AvgIpc) is 3.43. The van der Waals surface area contributed by atoms with Crippen LogP contribution < -0.4 is 14.8 Å². The lowest BCUT2D eigenvalue weighted by Gasteiger charge is -2.29. The normalized spacial score (nSPS) is 15.2. The molecule has 0 bridgehead atoms. The highest BCUT2D eigenvalue weighted by Gasteiger charge is 2.27. The number of amides is 2. The molecule has 0 saturated heterocycles. The van der Waals surface area contributed by atoms with E-state index >= 15 is 0 Å². The summed E-state index contributed by atoms with van der Waals surface area (Å²) in [4.78, 5) is 27.4. The Labute approximate surface area is 177 Å². The van der Waals surface area contributed by atoms with Gasteiger partial charge in [0.2, 0.25) is 12.7 Å². The van der Waals surface area contributed by atoms with Crippen LogP contribution in [0.1, 0.15) is 53.6 Å². The Kier molecular flexibility index (Phi) is 6.21. The van der Waals surface area contributed by atoms with Gasteiger partial charge in [0.05, 0.1) is 0 Å². The molecule has 0 atom stereocenters. The van der Waals surface area contributed by atoms with Gasteiger partial charge in [0.1, 0.15) is 0 Å². The first-order valence-corrected chi connectivity index (χ1v) is 10.6. The third-order valence-corrected chi connectivity index (χ3v) is 5.78. The molecule has 2 amide bonds. The van der Waals surface area contributed by atoms with Crippen LogP contribution in [0.2, 0.25) is 0 Å². The second-order valence-electron chi connectivity index (χ2n) is 8.02. The van der Waals surface area contributed by atoms with Gasteiger partial charge < -0.3 is 19.7 Å². The number of nitrogens with zero attached hydrogens (tertiary/aromatic N) is 1. The lowest BCUT2D eigenvalue weighted by Crippen LogP contribution is -2.40.